The third kappa shape index (κ3) is 1.40. The van der Waals surface area contributed by atoms with Gasteiger partial charge in [-0.05, 0) is 13.0 Å². The number of aldehydes is 1. The third-order valence-electron chi connectivity index (χ3n) is 2.53. The van der Waals surface area contributed by atoms with Crippen LogP contribution in [0.4, 0.5) is 0 Å². The average molecular weight is 198 g/mol. The number of aromatic amines is 1. The van der Waals surface area contributed by atoms with Crippen molar-refractivity contribution in [3.8, 4) is 6.07 Å². The number of aromatic nitrogens is 1. The number of benzene rings is 1. The van der Waals surface area contributed by atoms with E-state index >= 15 is 0 Å². The van der Waals surface area contributed by atoms with E-state index in [9.17, 15) is 4.79 Å². The summed E-state index contributed by atoms with van der Waals surface area (Å²) < 4.78 is 0. The van der Waals surface area contributed by atoms with E-state index < -0.39 is 5.92 Å². The van der Waals surface area contributed by atoms with Crippen LogP contribution in [0.15, 0.2) is 24.3 Å². The number of nitriles is 1. The first-order chi connectivity index (χ1) is 7.27. The van der Waals surface area contributed by atoms with E-state index in [1.54, 1.807) is 0 Å². The lowest BCUT2D eigenvalue weighted by atomic mass is 9.99. The highest BCUT2D eigenvalue weighted by Gasteiger charge is 2.17. The Morgan fingerprint density at radius 1 is 1.47 bits per heavy atom. The minimum Gasteiger partial charge on any atom is -0.358 e. The minimum absolute atomic E-state index is 0.679. The molecule has 1 N–H and O–H groups in total. The van der Waals surface area contributed by atoms with E-state index in [0.717, 1.165) is 22.2 Å². The molecule has 0 radical (unpaired) electrons. The van der Waals surface area contributed by atoms with Crippen molar-refractivity contribution in [1.82, 2.24) is 4.98 Å². The molecule has 3 nitrogen and oxygen atoms in total. The Labute approximate surface area is 87.3 Å². The molecule has 0 bridgehead atoms. The first-order valence-corrected chi connectivity index (χ1v) is 4.70. The van der Waals surface area contributed by atoms with Gasteiger partial charge in [-0.25, -0.2) is 0 Å². The van der Waals surface area contributed by atoms with Gasteiger partial charge in [-0.15, -0.1) is 0 Å². The van der Waals surface area contributed by atoms with Gasteiger partial charge in [0.15, 0.2) is 0 Å². The molecule has 0 fully saturated rings. The van der Waals surface area contributed by atoms with Crippen molar-refractivity contribution in [2.45, 2.75) is 12.8 Å². The molecule has 3 heteroatoms. The van der Waals surface area contributed by atoms with Crippen molar-refractivity contribution >= 4 is 17.2 Å². The molecular formula is C12H10N2O. The van der Waals surface area contributed by atoms with Crippen LogP contribution in [0.25, 0.3) is 10.9 Å². The fourth-order valence-electron chi connectivity index (χ4n) is 1.86. The van der Waals surface area contributed by atoms with Crippen LogP contribution in [0.2, 0.25) is 0 Å². The van der Waals surface area contributed by atoms with Crippen molar-refractivity contribution < 1.29 is 4.79 Å². The number of carbonyl (C=O) groups excluding carboxylic acids is 1. The van der Waals surface area contributed by atoms with E-state index in [1.165, 1.54) is 0 Å². The number of para-hydroxylation sites is 1. The predicted octanol–water partition coefficient (Wildman–Crippen LogP) is 2.28. The molecule has 1 unspecified atom stereocenters. The molecule has 0 aliphatic carbocycles. The molecule has 0 aliphatic heterocycles. The molecule has 2 aromatic rings. The molecule has 0 aliphatic rings. The number of rotatable bonds is 2. The van der Waals surface area contributed by atoms with Gasteiger partial charge in [0.2, 0.25) is 0 Å². The fourth-order valence-corrected chi connectivity index (χ4v) is 1.86. The van der Waals surface area contributed by atoms with Crippen LogP contribution in [0, 0.1) is 18.3 Å². The van der Waals surface area contributed by atoms with Crippen LogP contribution in [0.1, 0.15) is 17.2 Å². The predicted molar refractivity (Wildman–Crippen MR) is 57.5 cm³/mol. The van der Waals surface area contributed by atoms with Gasteiger partial charge < -0.3 is 9.78 Å². The summed E-state index contributed by atoms with van der Waals surface area (Å²) in [7, 11) is 0. The maximum atomic E-state index is 10.8. The Hall–Kier alpha value is -2.08. The van der Waals surface area contributed by atoms with Gasteiger partial charge in [0.1, 0.15) is 12.2 Å². The molecule has 1 heterocycles. The molecule has 15 heavy (non-hydrogen) atoms. The first-order valence-electron chi connectivity index (χ1n) is 4.70. The monoisotopic (exact) mass is 198 g/mol. The quantitative estimate of drug-likeness (QED) is 0.752. The number of fused-ring (bicyclic) bond motifs is 1. The number of hydrogen-bond donors (Lipinski definition) is 1. The number of nitrogens with one attached hydrogen (secondary N) is 1. The van der Waals surface area contributed by atoms with Crippen LogP contribution < -0.4 is 0 Å². The van der Waals surface area contributed by atoms with Crippen LogP contribution in [0.3, 0.4) is 0 Å². The number of nitrogens with zero attached hydrogens (tertiary/aromatic N) is 1. The Kier molecular flexibility index (Phi) is 2.26. The summed E-state index contributed by atoms with van der Waals surface area (Å²) in [4.78, 5) is 14.0. The highest BCUT2D eigenvalue weighted by molar-refractivity contribution is 5.89. The molecule has 1 aromatic carbocycles. The average Bonchev–Trinajstić information content (AvgIpc) is 2.58. The third-order valence-corrected chi connectivity index (χ3v) is 2.53. The lowest BCUT2D eigenvalue weighted by Gasteiger charge is -2.00. The topological polar surface area (TPSA) is 56.6 Å². The van der Waals surface area contributed by atoms with Crippen molar-refractivity contribution in [2.24, 2.45) is 0 Å². The Morgan fingerprint density at radius 3 is 2.87 bits per heavy atom. The normalized spacial score (nSPS) is 12.3. The molecule has 1 atom stereocenters. The molecule has 2 rings (SSSR count). The van der Waals surface area contributed by atoms with Gasteiger partial charge in [0, 0.05) is 22.2 Å². The second kappa shape index (κ2) is 3.58. The SMILES string of the molecule is Cc1[nH]c2ccccc2c1C(C#N)C=O. The zero-order chi connectivity index (χ0) is 10.8. The van der Waals surface area contributed by atoms with Crippen LogP contribution in [-0.2, 0) is 4.79 Å². The van der Waals surface area contributed by atoms with E-state index in [0.29, 0.717) is 6.29 Å². The number of hydrogen-bond acceptors (Lipinski definition) is 2. The fraction of sp³-hybridized carbons (Fsp3) is 0.167. The summed E-state index contributed by atoms with van der Waals surface area (Å²) in [6, 6.07) is 9.68. The smallest absolute Gasteiger partial charge is 0.141 e. The number of aryl methyl sites for hydroxylation is 1. The van der Waals surface area contributed by atoms with E-state index in [-0.39, 0.29) is 0 Å². The van der Waals surface area contributed by atoms with E-state index in [2.05, 4.69) is 4.98 Å². The van der Waals surface area contributed by atoms with Crippen molar-refractivity contribution in [2.75, 3.05) is 0 Å². The number of H-pyrrole nitrogens is 1. The molecule has 0 amide bonds. The molecule has 1 aromatic heterocycles. The summed E-state index contributed by atoms with van der Waals surface area (Å²) in [6.45, 7) is 1.88. The maximum absolute atomic E-state index is 10.8. The molecule has 74 valence electrons. The maximum Gasteiger partial charge on any atom is 0.141 e. The van der Waals surface area contributed by atoms with Gasteiger partial charge in [0.05, 0.1) is 6.07 Å². The summed E-state index contributed by atoms with van der Waals surface area (Å²) in [6.07, 6.45) is 0.683. The highest BCUT2D eigenvalue weighted by Crippen LogP contribution is 2.27. The Morgan fingerprint density at radius 2 is 2.20 bits per heavy atom. The lowest BCUT2D eigenvalue weighted by Crippen LogP contribution is -1.97. The van der Waals surface area contributed by atoms with Gasteiger partial charge >= 0.3 is 0 Å². The highest BCUT2D eigenvalue weighted by atomic mass is 16.1. The van der Waals surface area contributed by atoms with Gasteiger partial charge in [-0.1, -0.05) is 18.2 Å². The van der Waals surface area contributed by atoms with Crippen LogP contribution in [-0.4, -0.2) is 11.3 Å². The Bertz CT molecular complexity index is 548. The first kappa shape index (κ1) is 9.47. The van der Waals surface area contributed by atoms with E-state index in [1.807, 2.05) is 37.3 Å². The van der Waals surface area contributed by atoms with Gasteiger partial charge in [-0.3, -0.25) is 0 Å². The standard InChI is InChI=1S/C12H10N2O/c1-8-12(9(6-13)7-15)10-4-2-3-5-11(10)14-8/h2-5,7,9,14H,1H3. The molecule has 0 saturated heterocycles. The van der Waals surface area contributed by atoms with Crippen molar-refractivity contribution in [3.63, 3.8) is 0 Å². The second-order valence-electron chi connectivity index (χ2n) is 3.45. The summed E-state index contributed by atoms with van der Waals surface area (Å²) in [5.74, 6) is -0.679. The largest absolute Gasteiger partial charge is 0.358 e. The van der Waals surface area contributed by atoms with Gasteiger partial charge in [0.25, 0.3) is 0 Å². The van der Waals surface area contributed by atoms with Gasteiger partial charge in [-0.2, -0.15) is 5.26 Å². The van der Waals surface area contributed by atoms with E-state index in [4.69, 9.17) is 5.26 Å². The second-order valence-corrected chi connectivity index (χ2v) is 3.45. The Balaban J connectivity index is 2.74. The summed E-state index contributed by atoms with van der Waals surface area (Å²) in [5, 5.41) is 9.84. The van der Waals surface area contributed by atoms with Crippen molar-refractivity contribution in [3.05, 3.63) is 35.5 Å². The number of carbonyl (C=O) groups is 1. The lowest BCUT2D eigenvalue weighted by molar-refractivity contribution is -0.108. The molecule has 0 saturated carbocycles. The zero-order valence-electron chi connectivity index (χ0n) is 8.32. The molecule has 0 spiro atoms. The summed E-state index contributed by atoms with van der Waals surface area (Å²) >= 11 is 0. The zero-order valence-corrected chi connectivity index (χ0v) is 8.32. The van der Waals surface area contributed by atoms with Crippen molar-refractivity contribution in [1.29, 1.82) is 5.26 Å². The minimum atomic E-state index is -0.679. The summed E-state index contributed by atoms with van der Waals surface area (Å²) in [5.41, 5.74) is 2.64. The molecular weight excluding hydrogens is 188 g/mol. The van der Waals surface area contributed by atoms with Crippen LogP contribution in [0.5, 0.6) is 0 Å². The van der Waals surface area contributed by atoms with Crippen LogP contribution >= 0.6 is 0 Å².